The Hall–Kier alpha value is -1.37. The predicted molar refractivity (Wildman–Crippen MR) is 80.6 cm³/mol. The molecule has 0 aliphatic heterocycles. The number of nitrogens with two attached hydrogens (primary N) is 1. The third-order valence-corrected chi connectivity index (χ3v) is 3.85. The molecule has 0 spiro atoms. The number of hydrogen-bond donors (Lipinski definition) is 1. The van der Waals surface area contributed by atoms with Crippen LogP contribution in [0.3, 0.4) is 0 Å². The molecule has 0 heterocycles. The molecule has 0 atom stereocenters. The number of nitrogens with zero attached hydrogens (tertiary/aromatic N) is 1. The van der Waals surface area contributed by atoms with Gasteiger partial charge in [0, 0.05) is 13.1 Å². The van der Waals surface area contributed by atoms with Gasteiger partial charge in [0.15, 0.2) is 0 Å². The summed E-state index contributed by atoms with van der Waals surface area (Å²) in [5.41, 5.74) is 6.88. The maximum Gasteiger partial charge on any atom is 0.138 e. The summed E-state index contributed by atoms with van der Waals surface area (Å²) in [5.74, 6) is 6.06. The number of rotatable bonds is 4. The van der Waals surface area contributed by atoms with Crippen molar-refractivity contribution in [3.05, 3.63) is 35.1 Å². The van der Waals surface area contributed by atoms with Gasteiger partial charge in [-0.05, 0) is 43.5 Å². The monoisotopic (exact) mass is 274 g/mol. The van der Waals surface area contributed by atoms with Crippen molar-refractivity contribution in [1.29, 1.82) is 0 Å². The van der Waals surface area contributed by atoms with Crippen LogP contribution >= 0.6 is 0 Å². The zero-order valence-corrected chi connectivity index (χ0v) is 12.2. The Bertz CT molecular complexity index is 495. The Balaban J connectivity index is 1.97. The highest BCUT2D eigenvalue weighted by Crippen LogP contribution is 2.25. The summed E-state index contributed by atoms with van der Waals surface area (Å²) in [6.45, 7) is 2.22. The van der Waals surface area contributed by atoms with Crippen LogP contribution in [-0.4, -0.2) is 25.0 Å². The van der Waals surface area contributed by atoms with Crippen molar-refractivity contribution in [3.8, 4) is 11.8 Å². The summed E-state index contributed by atoms with van der Waals surface area (Å²) in [5, 5.41) is 0. The molecule has 1 aliphatic rings. The molecule has 0 saturated heterocycles. The van der Waals surface area contributed by atoms with Crippen LogP contribution in [0.1, 0.15) is 36.8 Å². The Morgan fingerprint density at radius 1 is 1.35 bits per heavy atom. The Morgan fingerprint density at radius 3 is 2.80 bits per heavy atom. The zero-order chi connectivity index (χ0) is 14.4. The van der Waals surface area contributed by atoms with E-state index in [2.05, 4.69) is 23.8 Å². The van der Waals surface area contributed by atoms with Gasteiger partial charge in [-0.15, -0.1) is 0 Å². The number of hydrogen-bond acceptors (Lipinski definition) is 2. The highest BCUT2D eigenvalue weighted by molar-refractivity contribution is 5.38. The second kappa shape index (κ2) is 7.42. The molecule has 0 aromatic heterocycles. The fraction of sp³-hybridized carbons (Fsp3) is 0.529. The maximum atomic E-state index is 13.6. The Labute approximate surface area is 121 Å². The van der Waals surface area contributed by atoms with E-state index in [0.717, 1.165) is 24.6 Å². The van der Waals surface area contributed by atoms with E-state index in [1.165, 1.54) is 31.7 Å². The molecule has 108 valence electrons. The molecule has 1 aromatic carbocycles. The molecule has 2 N–H and O–H groups in total. The third-order valence-electron chi connectivity index (χ3n) is 3.85. The van der Waals surface area contributed by atoms with Gasteiger partial charge >= 0.3 is 0 Å². The summed E-state index contributed by atoms with van der Waals surface area (Å²) < 4.78 is 13.6. The largest absolute Gasteiger partial charge is 0.320 e. The molecule has 1 aromatic rings. The molecule has 0 bridgehead atoms. The lowest BCUT2D eigenvalue weighted by Crippen LogP contribution is -2.24. The van der Waals surface area contributed by atoms with Gasteiger partial charge in [-0.2, -0.15) is 0 Å². The normalized spacial score (nSPS) is 15.4. The summed E-state index contributed by atoms with van der Waals surface area (Å²) in [7, 11) is 2.13. The summed E-state index contributed by atoms with van der Waals surface area (Å²) in [4.78, 5) is 2.32. The topological polar surface area (TPSA) is 29.3 Å². The highest BCUT2D eigenvalue weighted by atomic mass is 19.1. The molecule has 2 nitrogen and oxygen atoms in total. The first kappa shape index (κ1) is 15.0. The summed E-state index contributed by atoms with van der Waals surface area (Å²) >= 11 is 0. The van der Waals surface area contributed by atoms with Gasteiger partial charge in [-0.1, -0.05) is 30.7 Å². The highest BCUT2D eigenvalue weighted by Gasteiger charge is 2.16. The van der Waals surface area contributed by atoms with Crippen molar-refractivity contribution >= 4 is 0 Å². The van der Waals surface area contributed by atoms with E-state index in [9.17, 15) is 4.39 Å². The van der Waals surface area contributed by atoms with Crippen molar-refractivity contribution in [2.45, 2.75) is 32.2 Å². The average Bonchev–Trinajstić information content (AvgIpc) is 2.92. The fourth-order valence-electron chi connectivity index (χ4n) is 2.92. The SMILES string of the molecule is CN(Cc1ccc(F)c(C#CCN)c1)CC1CCCC1. The molecular formula is C17H23FN2. The van der Waals surface area contributed by atoms with Crippen molar-refractivity contribution < 1.29 is 4.39 Å². The van der Waals surface area contributed by atoms with E-state index in [0.29, 0.717) is 5.56 Å². The summed E-state index contributed by atoms with van der Waals surface area (Å²) in [6, 6.07) is 5.18. The van der Waals surface area contributed by atoms with E-state index >= 15 is 0 Å². The molecule has 1 saturated carbocycles. The average molecular weight is 274 g/mol. The number of halogens is 1. The molecule has 1 aliphatic carbocycles. The second-order valence-electron chi connectivity index (χ2n) is 5.67. The van der Waals surface area contributed by atoms with Crippen LogP contribution < -0.4 is 5.73 Å². The predicted octanol–water partition coefficient (Wildman–Crippen LogP) is 2.76. The first-order valence-corrected chi connectivity index (χ1v) is 7.35. The minimum atomic E-state index is -0.270. The minimum absolute atomic E-state index is 0.255. The van der Waals surface area contributed by atoms with Crippen LogP contribution in [0.25, 0.3) is 0 Å². The number of benzene rings is 1. The van der Waals surface area contributed by atoms with Gasteiger partial charge in [-0.3, -0.25) is 0 Å². The molecule has 1 fully saturated rings. The maximum absolute atomic E-state index is 13.6. The molecule has 3 heteroatoms. The standard InChI is InChI=1S/C17H23FN2/c1-20(12-14-5-2-3-6-14)13-15-8-9-17(18)16(11-15)7-4-10-19/h8-9,11,14H,2-3,5-6,10,12-13,19H2,1H3. The van der Waals surface area contributed by atoms with Crippen LogP contribution in [0.4, 0.5) is 4.39 Å². The molecule has 2 rings (SSSR count). The quantitative estimate of drug-likeness (QED) is 0.855. The van der Waals surface area contributed by atoms with E-state index in [4.69, 9.17) is 5.73 Å². The zero-order valence-electron chi connectivity index (χ0n) is 12.2. The van der Waals surface area contributed by atoms with Gasteiger partial charge in [-0.25, -0.2) is 4.39 Å². The molecule has 0 radical (unpaired) electrons. The van der Waals surface area contributed by atoms with Crippen LogP contribution in [0, 0.1) is 23.6 Å². The van der Waals surface area contributed by atoms with Gasteiger partial charge < -0.3 is 10.6 Å². The lowest BCUT2D eigenvalue weighted by atomic mass is 10.1. The first-order valence-electron chi connectivity index (χ1n) is 7.35. The van der Waals surface area contributed by atoms with Crippen LogP contribution in [0.5, 0.6) is 0 Å². The van der Waals surface area contributed by atoms with E-state index < -0.39 is 0 Å². The van der Waals surface area contributed by atoms with Crippen molar-refractivity contribution in [2.24, 2.45) is 11.7 Å². The van der Waals surface area contributed by atoms with Crippen molar-refractivity contribution in [1.82, 2.24) is 4.90 Å². The minimum Gasteiger partial charge on any atom is -0.320 e. The van der Waals surface area contributed by atoms with Gasteiger partial charge in [0.1, 0.15) is 5.82 Å². The molecular weight excluding hydrogens is 251 g/mol. The first-order chi connectivity index (χ1) is 9.69. The van der Waals surface area contributed by atoms with E-state index in [1.807, 2.05) is 12.1 Å². The van der Waals surface area contributed by atoms with Gasteiger partial charge in [0.2, 0.25) is 0 Å². The van der Waals surface area contributed by atoms with Crippen LogP contribution in [0.15, 0.2) is 18.2 Å². The molecule has 20 heavy (non-hydrogen) atoms. The smallest absolute Gasteiger partial charge is 0.138 e. The van der Waals surface area contributed by atoms with E-state index in [-0.39, 0.29) is 12.4 Å². The lowest BCUT2D eigenvalue weighted by Gasteiger charge is -2.20. The van der Waals surface area contributed by atoms with E-state index in [1.54, 1.807) is 0 Å². The van der Waals surface area contributed by atoms with Gasteiger partial charge in [0.05, 0.1) is 12.1 Å². The second-order valence-corrected chi connectivity index (χ2v) is 5.67. The fourth-order valence-corrected chi connectivity index (χ4v) is 2.92. The lowest BCUT2D eigenvalue weighted by molar-refractivity contribution is 0.271. The van der Waals surface area contributed by atoms with Crippen molar-refractivity contribution in [3.63, 3.8) is 0 Å². The Morgan fingerprint density at radius 2 is 2.10 bits per heavy atom. The third kappa shape index (κ3) is 4.33. The molecule has 0 amide bonds. The Kier molecular flexibility index (Phi) is 5.58. The molecule has 0 unspecified atom stereocenters. The summed E-state index contributed by atoms with van der Waals surface area (Å²) in [6.07, 6.45) is 5.43. The van der Waals surface area contributed by atoms with Crippen LogP contribution in [-0.2, 0) is 6.54 Å². The van der Waals surface area contributed by atoms with Crippen molar-refractivity contribution in [2.75, 3.05) is 20.1 Å². The van der Waals surface area contributed by atoms with Crippen LogP contribution in [0.2, 0.25) is 0 Å². The van der Waals surface area contributed by atoms with Gasteiger partial charge in [0.25, 0.3) is 0 Å².